The molecule has 0 radical (unpaired) electrons. The maximum atomic E-state index is 11.2. The molecule has 0 heterocycles. The summed E-state index contributed by atoms with van der Waals surface area (Å²) >= 11 is 0. The summed E-state index contributed by atoms with van der Waals surface area (Å²) in [4.78, 5) is 21.7. The highest BCUT2D eigenvalue weighted by molar-refractivity contribution is 7.90. The van der Waals surface area contributed by atoms with Crippen LogP contribution in [0.15, 0.2) is 0 Å². The monoisotopic (exact) mass is 235 g/mol. The zero-order valence-corrected chi connectivity index (χ0v) is 8.84. The van der Waals surface area contributed by atoms with E-state index in [1.807, 2.05) is 4.72 Å². The van der Waals surface area contributed by atoms with Gasteiger partial charge in [-0.15, -0.1) is 0 Å². The van der Waals surface area contributed by atoms with Crippen molar-refractivity contribution in [2.75, 3.05) is 13.1 Å². The van der Waals surface area contributed by atoms with Crippen molar-refractivity contribution in [1.82, 2.24) is 10.0 Å². The predicted octanol–water partition coefficient (Wildman–Crippen LogP) is -2.33. The lowest BCUT2D eigenvalue weighted by Gasteiger charge is -2.05. The summed E-state index contributed by atoms with van der Waals surface area (Å²) in [6, 6.07) is 0. The predicted molar refractivity (Wildman–Crippen MR) is 52.1 cm³/mol. The third kappa shape index (κ3) is 3.84. The van der Waals surface area contributed by atoms with Gasteiger partial charge in [0.25, 0.3) is 5.91 Å². The molecule has 0 aromatic carbocycles. The van der Waals surface area contributed by atoms with Gasteiger partial charge in [0, 0.05) is 0 Å². The lowest BCUT2D eigenvalue weighted by molar-refractivity contribution is -0.124. The Morgan fingerprint density at radius 3 is 2.33 bits per heavy atom. The van der Waals surface area contributed by atoms with Crippen LogP contribution >= 0.6 is 0 Å². The van der Waals surface area contributed by atoms with Gasteiger partial charge < -0.3 is 11.1 Å². The summed E-state index contributed by atoms with van der Waals surface area (Å²) in [5.41, 5.74) is 4.98. The second-order valence-electron chi connectivity index (χ2n) is 3.25. The summed E-state index contributed by atoms with van der Waals surface area (Å²) < 4.78 is 24.4. The molecule has 0 aromatic rings. The number of nitrogens with one attached hydrogen (secondary N) is 2. The molecule has 0 aliphatic heterocycles. The van der Waals surface area contributed by atoms with Gasteiger partial charge in [-0.3, -0.25) is 14.3 Å². The number of hydrogen-bond acceptors (Lipinski definition) is 5. The third-order valence-electron chi connectivity index (χ3n) is 1.85. The standard InChI is InChI=1S/C7H13N3O4S/c8-3-6(11)9-4-7(12)10-15(13,14)5-1-2-5/h5H,1-4,8H2,(H,9,11)(H,10,12). The molecule has 1 saturated carbocycles. The van der Waals surface area contributed by atoms with E-state index in [1.54, 1.807) is 0 Å². The van der Waals surface area contributed by atoms with Crippen LogP contribution in [0.4, 0.5) is 0 Å². The first-order valence-electron chi connectivity index (χ1n) is 4.47. The molecule has 1 aliphatic carbocycles. The normalized spacial score (nSPS) is 15.8. The van der Waals surface area contributed by atoms with E-state index in [2.05, 4.69) is 5.32 Å². The second kappa shape index (κ2) is 4.58. The van der Waals surface area contributed by atoms with Crippen LogP contribution in [0, 0.1) is 0 Å². The van der Waals surface area contributed by atoms with Gasteiger partial charge in [-0.25, -0.2) is 8.42 Å². The van der Waals surface area contributed by atoms with Crippen molar-refractivity contribution in [2.45, 2.75) is 18.1 Å². The van der Waals surface area contributed by atoms with Gasteiger partial charge in [0.05, 0.1) is 18.3 Å². The maximum Gasteiger partial charge on any atom is 0.252 e. The van der Waals surface area contributed by atoms with Gasteiger partial charge in [0.15, 0.2) is 0 Å². The fraction of sp³-hybridized carbons (Fsp3) is 0.714. The number of carbonyl (C=O) groups excluding carboxylic acids is 2. The third-order valence-corrected chi connectivity index (χ3v) is 3.71. The van der Waals surface area contributed by atoms with Crippen LogP contribution in [-0.4, -0.2) is 38.6 Å². The molecular weight excluding hydrogens is 222 g/mol. The van der Waals surface area contributed by atoms with Crippen molar-refractivity contribution in [3.63, 3.8) is 0 Å². The number of hydrogen-bond donors (Lipinski definition) is 3. The minimum Gasteiger partial charge on any atom is -0.346 e. The molecular formula is C7H13N3O4S. The first-order valence-corrected chi connectivity index (χ1v) is 6.01. The summed E-state index contributed by atoms with van der Waals surface area (Å²) in [6.07, 6.45) is 1.16. The molecule has 1 rings (SSSR count). The quantitative estimate of drug-likeness (QED) is 0.494. The molecule has 0 bridgehead atoms. The van der Waals surface area contributed by atoms with Gasteiger partial charge in [0.1, 0.15) is 0 Å². The molecule has 0 atom stereocenters. The first-order chi connectivity index (χ1) is 6.95. The smallest absolute Gasteiger partial charge is 0.252 e. The Labute approximate surface area is 87.4 Å². The first kappa shape index (κ1) is 11.9. The minimum atomic E-state index is -3.52. The van der Waals surface area contributed by atoms with Crippen molar-refractivity contribution in [3.05, 3.63) is 0 Å². The maximum absolute atomic E-state index is 11.2. The zero-order valence-electron chi connectivity index (χ0n) is 8.02. The van der Waals surface area contributed by atoms with Crippen LogP contribution in [0.1, 0.15) is 12.8 Å². The SMILES string of the molecule is NCC(=O)NCC(=O)NS(=O)(=O)C1CC1. The van der Waals surface area contributed by atoms with Crippen LogP contribution < -0.4 is 15.8 Å². The van der Waals surface area contributed by atoms with Crippen LogP contribution in [-0.2, 0) is 19.6 Å². The molecule has 2 amide bonds. The Morgan fingerprint density at radius 2 is 1.87 bits per heavy atom. The van der Waals surface area contributed by atoms with Gasteiger partial charge >= 0.3 is 0 Å². The number of carbonyl (C=O) groups is 2. The average Bonchev–Trinajstić information content (AvgIpc) is 2.96. The molecule has 86 valence electrons. The van der Waals surface area contributed by atoms with Crippen molar-refractivity contribution in [1.29, 1.82) is 0 Å². The Hall–Kier alpha value is -1.15. The second-order valence-corrected chi connectivity index (χ2v) is 5.21. The molecule has 0 saturated heterocycles. The van der Waals surface area contributed by atoms with Gasteiger partial charge in [-0.2, -0.15) is 0 Å². The van der Waals surface area contributed by atoms with Crippen LogP contribution in [0.5, 0.6) is 0 Å². The van der Waals surface area contributed by atoms with Crippen LogP contribution in [0.25, 0.3) is 0 Å². The highest BCUT2D eigenvalue weighted by Gasteiger charge is 2.36. The van der Waals surface area contributed by atoms with E-state index < -0.39 is 27.1 Å². The van der Waals surface area contributed by atoms with Gasteiger partial charge in [0.2, 0.25) is 15.9 Å². The molecule has 0 aromatic heterocycles. The summed E-state index contributed by atoms with van der Waals surface area (Å²) in [5, 5.41) is 1.72. The fourth-order valence-electron chi connectivity index (χ4n) is 0.907. The lowest BCUT2D eigenvalue weighted by Crippen LogP contribution is -2.42. The number of nitrogens with two attached hydrogens (primary N) is 1. The lowest BCUT2D eigenvalue weighted by atomic mass is 10.5. The largest absolute Gasteiger partial charge is 0.346 e. The number of sulfonamides is 1. The Balaban J connectivity index is 2.32. The van der Waals surface area contributed by atoms with E-state index in [1.165, 1.54) is 0 Å². The van der Waals surface area contributed by atoms with E-state index in [9.17, 15) is 18.0 Å². The van der Waals surface area contributed by atoms with Crippen molar-refractivity contribution >= 4 is 21.8 Å². The van der Waals surface area contributed by atoms with Crippen molar-refractivity contribution in [3.8, 4) is 0 Å². The topological polar surface area (TPSA) is 118 Å². The molecule has 1 aliphatic rings. The number of amides is 2. The summed E-state index contributed by atoms with van der Waals surface area (Å²) in [5.74, 6) is -1.25. The summed E-state index contributed by atoms with van der Waals surface area (Å²) in [7, 11) is -3.52. The molecule has 8 heteroatoms. The highest BCUT2D eigenvalue weighted by Crippen LogP contribution is 2.27. The molecule has 0 spiro atoms. The minimum absolute atomic E-state index is 0.233. The fourth-order valence-corrected chi connectivity index (χ4v) is 2.22. The highest BCUT2D eigenvalue weighted by atomic mass is 32.2. The zero-order chi connectivity index (χ0) is 11.5. The van der Waals surface area contributed by atoms with E-state index in [0.717, 1.165) is 0 Å². The molecule has 0 unspecified atom stereocenters. The van der Waals surface area contributed by atoms with Gasteiger partial charge in [-0.1, -0.05) is 0 Å². The molecule has 15 heavy (non-hydrogen) atoms. The van der Waals surface area contributed by atoms with Gasteiger partial charge in [-0.05, 0) is 12.8 Å². The molecule has 7 nitrogen and oxygen atoms in total. The van der Waals surface area contributed by atoms with Crippen LogP contribution in [0.3, 0.4) is 0 Å². The number of rotatable bonds is 5. The molecule has 4 N–H and O–H groups in total. The van der Waals surface area contributed by atoms with E-state index in [0.29, 0.717) is 12.8 Å². The van der Waals surface area contributed by atoms with E-state index >= 15 is 0 Å². The van der Waals surface area contributed by atoms with E-state index in [4.69, 9.17) is 5.73 Å². The Morgan fingerprint density at radius 1 is 1.27 bits per heavy atom. The van der Waals surface area contributed by atoms with Crippen LogP contribution in [0.2, 0.25) is 0 Å². The van der Waals surface area contributed by atoms with E-state index in [-0.39, 0.29) is 13.1 Å². The van der Waals surface area contributed by atoms with Crippen molar-refractivity contribution in [2.24, 2.45) is 5.73 Å². The Bertz CT molecular complexity index is 360. The Kier molecular flexibility index (Phi) is 3.64. The van der Waals surface area contributed by atoms with Crippen molar-refractivity contribution < 1.29 is 18.0 Å². The summed E-state index contributed by atoms with van der Waals surface area (Å²) in [6.45, 7) is -0.607. The average molecular weight is 235 g/mol. The molecule has 1 fully saturated rings.